The van der Waals surface area contributed by atoms with Crippen molar-refractivity contribution in [3.8, 4) is 0 Å². The number of carbonyl (C=O) groups is 1. The van der Waals surface area contributed by atoms with E-state index in [4.69, 9.17) is 34.0 Å². The molecule has 23 heavy (non-hydrogen) atoms. The summed E-state index contributed by atoms with van der Waals surface area (Å²) in [6, 6.07) is 10.6. The van der Waals surface area contributed by atoms with Gasteiger partial charge in [0.1, 0.15) is 0 Å². The number of nitrogen functional groups attached to an aromatic ring is 1. The molecule has 0 heterocycles. The number of carboxylic acids is 1. The van der Waals surface area contributed by atoms with Crippen molar-refractivity contribution < 1.29 is 9.90 Å². The summed E-state index contributed by atoms with van der Waals surface area (Å²) in [7, 11) is 0. The van der Waals surface area contributed by atoms with Crippen LogP contribution in [-0.4, -0.2) is 23.6 Å². The number of hydrogen-bond donors (Lipinski definition) is 2. The topological polar surface area (TPSA) is 63.3 Å². The summed E-state index contributed by atoms with van der Waals surface area (Å²) in [5.41, 5.74) is 6.35. The summed E-state index contributed by atoms with van der Waals surface area (Å²) in [6.07, 6.45) is 3.89. The van der Waals surface area contributed by atoms with Crippen molar-refractivity contribution in [1.29, 1.82) is 0 Å². The molecular formula is C15H16Cl3NO2S2. The van der Waals surface area contributed by atoms with E-state index in [1.807, 2.05) is 30.7 Å². The number of aromatic carboxylic acids is 1. The predicted molar refractivity (Wildman–Crippen MR) is 105 cm³/mol. The lowest BCUT2D eigenvalue weighted by atomic mass is 10.2. The third-order valence-electron chi connectivity index (χ3n) is 2.61. The van der Waals surface area contributed by atoms with Crippen LogP contribution in [0.1, 0.15) is 10.4 Å². The van der Waals surface area contributed by atoms with Crippen molar-refractivity contribution in [1.82, 2.24) is 0 Å². The summed E-state index contributed by atoms with van der Waals surface area (Å²) in [4.78, 5) is 12.6. The van der Waals surface area contributed by atoms with Crippen LogP contribution in [0.15, 0.2) is 46.2 Å². The first-order chi connectivity index (χ1) is 10.4. The van der Waals surface area contributed by atoms with Crippen LogP contribution in [0.5, 0.6) is 0 Å². The van der Waals surface area contributed by atoms with Crippen LogP contribution < -0.4 is 5.73 Å². The van der Waals surface area contributed by atoms with Gasteiger partial charge in [0.25, 0.3) is 0 Å². The zero-order valence-electron chi connectivity index (χ0n) is 12.4. The number of carboxylic acid groups (broad SMARTS) is 1. The van der Waals surface area contributed by atoms with E-state index < -0.39 is 5.97 Å². The Morgan fingerprint density at radius 3 is 1.91 bits per heavy atom. The van der Waals surface area contributed by atoms with Gasteiger partial charge in [-0.2, -0.15) is 0 Å². The fourth-order valence-corrected chi connectivity index (χ4v) is 2.65. The molecule has 3 N–H and O–H groups in total. The number of benzene rings is 2. The zero-order valence-corrected chi connectivity index (χ0v) is 16.3. The van der Waals surface area contributed by atoms with E-state index in [0.29, 0.717) is 10.7 Å². The second kappa shape index (κ2) is 10.9. The molecule has 0 fully saturated rings. The van der Waals surface area contributed by atoms with E-state index in [2.05, 4.69) is 0 Å². The second-order valence-electron chi connectivity index (χ2n) is 4.04. The molecule has 0 bridgehead atoms. The minimum atomic E-state index is -0.990. The quantitative estimate of drug-likeness (QED) is 0.491. The van der Waals surface area contributed by atoms with Gasteiger partial charge in [0.05, 0.1) is 21.3 Å². The highest BCUT2D eigenvalue weighted by molar-refractivity contribution is 7.98. The molecule has 0 spiro atoms. The first-order valence-electron chi connectivity index (χ1n) is 6.05. The molecule has 0 radical (unpaired) electrons. The van der Waals surface area contributed by atoms with Crippen molar-refractivity contribution in [2.45, 2.75) is 9.79 Å². The highest BCUT2D eigenvalue weighted by Crippen LogP contribution is 2.24. The first-order valence-corrected chi connectivity index (χ1v) is 9.25. The Kier molecular flexibility index (Phi) is 10.6. The lowest BCUT2D eigenvalue weighted by molar-refractivity contribution is 0.0697. The molecule has 3 nitrogen and oxygen atoms in total. The van der Waals surface area contributed by atoms with Crippen LogP contribution in [0.2, 0.25) is 10.0 Å². The van der Waals surface area contributed by atoms with E-state index in [1.54, 1.807) is 30.0 Å². The van der Waals surface area contributed by atoms with Crippen molar-refractivity contribution in [3.05, 3.63) is 52.0 Å². The third-order valence-corrected chi connectivity index (χ3v) is 4.73. The summed E-state index contributed by atoms with van der Waals surface area (Å²) < 4.78 is 0. The molecule has 0 unspecified atom stereocenters. The van der Waals surface area contributed by atoms with Crippen LogP contribution in [-0.2, 0) is 0 Å². The number of thioether (sulfide) groups is 2. The average Bonchev–Trinajstić information content (AvgIpc) is 2.51. The van der Waals surface area contributed by atoms with E-state index in [9.17, 15) is 4.79 Å². The minimum Gasteiger partial charge on any atom is -0.478 e. The largest absolute Gasteiger partial charge is 0.478 e. The molecule has 0 aromatic heterocycles. The summed E-state index contributed by atoms with van der Waals surface area (Å²) in [5, 5.41) is 9.59. The first kappa shape index (κ1) is 22.3. The van der Waals surface area contributed by atoms with Crippen LogP contribution in [0.25, 0.3) is 0 Å². The van der Waals surface area contributed by atoms with Crippen LogP contribution in [0, 0.1) is 0 Å². The molecule has 2 rings (SSSR count). The molecule has 8 heteroatoms. The van der Waals surface area contributed by atoms with Crippen LogP contribution >= 0.6 is 59.1 Å². The van der Waals surface area contributed by atoms with E-state index in [0.717, 1.165) is 9.79 Å². The smallest absolute Gasteiger partial charge is 0.337 e. The van der Waals surface area contributed by atoms with Crippen molar-refractivity contribution >= 4 is 70.8 Å². The monoisotopic (exact) mass is 411 g/mol. The standard InChI is InChI=1S/C8H7ClO2S.C7H8ClNS.ClH/c1-12-5-2-3-7(9)6(4-5)8(10)11;1-10-5-2-3-6(8)7(9)4-5;/h2-4H,1H3,(H,10,11);2-4H,9H2,1H3;1H. The van der Waals surface area contributed by atoms with E-state index >= 15 is 0 Å². The number of nitrogens with two attached hydrogens (primary N) is 1. The minimum absolute atomic E-state index is 0. The van der Waals surface area contributed by atoms with Gasteiger partial charge >= 0.3 is 5.97 Å². The molecule has 0 aliphatic rings. The average molecular weight is 413 g/mol. The Morgan fingerprint density at radius 1 is 1.00 bits per heavy atom. The number of hydrogen-bond acceptors (Lipinski definition) is 4. The molecule has 0 aliphatic carbocycles. The number of anilines is 1. The Labute approximate surface area is 160 Å². The third kappa shape index (κ3) is 7.14. The summed E-state index contributed by atoms with van der Waals surface area (Å²) >= 11 is 14.5. The molecule has 0 saturated heterocycles. The molecule has 0 atom stereocenters. The Morgan fingerprint density at radius 2 is 1.48 bits per heavy atom. The summed E-state index contributed by atoms with van der Waals surface area (Å²) in [5.74, 6) is -0.990. The van der Waals surface area contributed by atoms with Gasteiger partial charge in [-0.15, -0.1) is 35.9 Å². The molecule has 2 aromatic rings. The molecule has 0 aliphatic heterocycles. The maximum Gasteiger partial charge on any atom is 0.337 e. The highest BCUT2D eigenvalue weighted by atomic mass is 35.5. The van der Waals surface area contributed by atoms with Gasteiger partial charge in [0, 0.05) is 9.79 Å². The van der Waals surface area contributed by atoms with Gasteiger partial charge in [-0.05, 0) is 48.9 Å². The molecule has 0 saturated carbocycles. The highest BCUT2D eigenvalue weighted by Gasteiger charge is 2.08. The normalized spacial score (nSPS) is 9.39. The van der Waals surface area contributed by atoms with Gasteiger partial charge in [-0.3, -0.25) is 0 Å². The predicted octanol–water partition coefficient (Wildman–Crippen LogP) is 5.83. The maximum absolute atomic E-state index is 10.6. The van der Waals surface area contributed by atoms with Gasteiger partial charge in [0.15, 0.2) is 0 Å². The van der Waals surface area contributed by atoms with E-state index in [1.165, 1.54) is 11.8 Å². The van der Waals surface area contributed by atoms with Gasteiger partial charge in [0.2, 0.25) is 0 Å². The summed E-state index contributed by atoms with van der Waals surface area (Å²) in [6.45, 7) is 0. The second-order valence-corrected chi connectivity index (χ2v) is 6.61. The van der Waals surface area contributed by atoms with Crippen molar-refractivity contribution in [2.75, 3.05) is 18.2 Å². The molecule has 0 amide bonds. The molecule has 126 valence electrons. The number of rotatable bonds is 3. The maximum atomic E-state index is 10.6. The zero-order chi connectivity index (χ0) is 16.7. The van der Waals surface area contributed by atoms with Crippen LogP contribution in [0.3, 0.4) is 0 Å². The van der Waals surface area contributed by atoms with Gasteiger partial charge < -0.3 is 10.8 Å². The van der Waals surface area contributed by atoms with Gasteiger partial charge in [-0.1, -0.05) is 23.2 Å². The Bertz CT molecular complexity index is 669. The lowest BCUT2D eigenvalue weighted by Gasteiger charge is -2.00. The Balaban J connectivity index is 0.000000409. The van der Waals surface area contributed by atoms with Crippen molar-refractivity contribution in [3.63, 3.8) is 0 Å². The fourth-order valence-electron chi connectivity index (χ4n) is 1.44. The van der Waals surface area contributed by atoms with Crippen LogP contribution in [0.4, 0.5) is 5.69 Å². The SMILES string of the molecule is CSc1ccc(Cl)c(C(=O)O)c1.CSc1ccc(Cl)c(N)c1.Cl. The number of halogens is 3. The van der Waals surface area contributed by atoms with Gasteiger partial charge in [-0.25, -0.2) is 4.79 Å². The Hall–Kier alpha value is -0.720. The van der Waals surface area contributed by atoms with E-state index in [-0.39, 0.29) is 23.0 Å². The van der Waals surface area contributed by atoms with Crippen molar-refractivity contribution in [2.24, 2.45) is 0 Å². The molecule has 2 aromatic carbocycles. The fraction of sp³-hybridized carbons (Fsp3) is 0.133. The molecular weight excluding hydrogens is 397 g/mol. The lowest BCUT2D eigenvalue weighted by Crippen LogP contribution is -1.96.